The summed E-state index contributed by atoms with van der Waals surface area (Å²) in [5.41, 5.74) is 3.87. The van der Waals surface area contributed by atoms with Crippen molar-refractivity contribution in [1.29, 1.82) is 0 Å². The lowest BCUT2D eigenvalue weighted by Crippen LogP contribution is -2.28. The number of nitrogens with zero attached hydrogens (tertiary/aromatic N) is 1. The van der Waals surface area contributed by atoms with E-state index in [1.54, 1.807) is 25.4 Å². The first-order valence-electron chi connectivity index (χ1n) is 10.5. The molecule has 0 radical (unpaired) electrons. The molecule has 5 rings (SSSR count). The van der Waals surface area contributed by atoms with Crippen molar-refractivity contribution in [2.24, 2.45) is 0 Å². The molecule has 0 saturated heterocycles. The molecule has 3 aromatic rings. The van der Waals surface area contributed by atoms with Gasteiger partial charge in [-0.3, -0.25) is 9.59 Å². The smallest absolute Gasteiger partial charge is 0.251 e. The number of amides is 2. The minimum absolute atomic E-state index is 0.0639. The van der Waals surface area contributed by atoms with Crippen LogP contribution in [0.25, 0.3) is 11.1 Å². The monoisotopic (exact) mass is 429 g/mol. The molecule has 0 atom stereocenters. The van der Waals surface area contributed by atoms with E-state index in [2.05, 4.69) is 15.6 Å². The summed E-state index contributed by atoms with van der Waals surface area (Å²) >= 11 is 0. The van der Waals surface area contributed by atoms with E-state index in [1.165, 1.54) is 0 Å². The fraction of sp³-hybridized carbons (Fsp3) is 0.240. The number of ether oxygens (including phenoxy) is 2. The van der Waals surface area contributed by atoms with E-state index in [0.29, 0.717) is 22.9 Å². The maximum atomic E-state index is 13.1. The second-order valence-electron chi connectivity index (χ2n) is 8.15. The zero-order valence-electron chi connectivity index (χ0n) is 17.9. The molecule has 2 N–H and O–H groups in total. The lowest BCUT2D eigenvalue weighted by Gasteiger charge is -2.16. The van der Waals surface area contributed by atoms with E-state index in [-0.39, 0.29) is 18.6 Å². The topological polar surface area (TPSA) is 89.6 Å². The quantitative estimate of drug-likeness (QED) is 0.644. The average molecular weight is 429 g/mol. The Labute approximate surface area is 185 Å². The predicted molar refractivity (Wildman–Crippen MR) is 120 cm³/mol. The van der Waals surface area contributed by atoms with Crippen LogP contribution in [0, 0.1) is 6.92 Å². The second kappa shape index (κ2) is 7.67. The number of rotatable bonds is 5. The molecule has 1 fully saturated rings. The summed E-state index contributed by atoms with van der Waals surface area (Å²) in [5, 5.41) is 5.60. The van der Waals surface area contributed by atoms with Crippen LogP contribution in [0.4, 0.5) is 5.82 Å². The zero-order chi connectivity index (χ0) is 22.3. The molecule has 1 aromatic heterocycles. The van der Waals surface area contributed by atoms with Gasteiger partial charge in [0.1, 0.15) is 5.82 Å². The maximum absolute atomic E-state index is 13.1. The Balaban J connectivity index is 1.33. The van der Waals surface area contributed by atoms with Gasteiger partial charge >= 0.3 is 0 Å². The summed E-state index contributed by atoms with van der Waals surface area (Å²) in [5.74, 6) is 1.72. The van der Waals surface area contributed by atoms with Gasteiger partial charge in [0.05, 0.1) is 5.41 Å². The van der Waals surface area contributed by atoms with Crippen molar-refractivity contribution in [1.82, 2.24) is 10.3 Å². The van der Waals surface area contributed by atoms with Gasteiger partial charge in [-0.15, -0.1) is 0 Å². The van der Waals surface area contributed by atoms with E-state index in [4.69, 9.17) is 9.47 Å². The van der Waals surface area contributed by atoms with Crippen molar-refractivity contribution in [3.8, 4) is 22.6 Å². The Kier molecular flexibility index (Phi) is 4.81. The fourth-order valence-corrected chi connectivity index (χ4v) is 4.07. The lowest BCUT2D eigenvalue weighted by molar-refractivity contribution is -0.118. The number of hydrogen-bond donors (Lipinski definition) is 2. The number of benzene rings is 2. The van der Waals surface area contributed by atoms with Gasteiger partial charge in [0.25, 0.3) is 5.91 Å². The predicted octanol–water partition coefficient (Wildman–Crippen LogP) is 3.82. The van der Waals surface area contributed by atoms with E-state index >= 15 is 0 Å². The molecule has 1 saturated carbocycles. The summed E-state index contributed by atoms with van der Waals surface area (Å²) in [6.07, 6.45) is 3.32. The minimum Gasteiger partial charge on any atom is -0.454 e. The van der Waals surface area contributed by atoms with Gasteiger partial charge in [-0.2, -0.15) is 0 Å². The molecule has 0 bridgehead atoms. The largest absolute Gasteiger partial charge is 0.454 e. The molecule has 32 heavy (non-hydrogen) atoms. The number of hydrogen-bond acceptors (Lipinski definition) is 5. The highest BCUT2D eigenvalue weighted by Crippen LogP contribution is 2.51. The molecular formula is C25H23N3O4. The van der Waals surface area contributed by atoms with Crippen molar-refractivity contribution >= 4 is 17.6 Å². The van der Waals surface area contributed by atoms with Crippen LogP contribution in [0.5, 0.6) is 11.5 Å². The second-order valence-corrected chi connectivity index (χ2v) is 8.15. The lowest BCUT2D eigenvalue weighted by atomic mass is 9.94. The van der Waals surface area contributed by atoms with Crippen LogP contribution in [0.15, 0.2) is 54.7 Å². The first-order chi connectivity index (χ1) is 15.5. The first kappa shape index (κ1) is 20.1. The van der Waals surface area contributed by atoms with E-state index in [1.807, 2.05) is 43.3 Å². The third-order valence-corrected chi connectivity index (χ3v) is 6.15. The van der Waals surface area contributed by atoms with E-state index in [0.717, 1.165) is 35.1 Å². The van der Waals surface area contributed by atoms with Gasteiger partial charge in [0, 0.05) is 24.4 Å². The molecule has 162 valence electrons. The molecule has 0 unspecified atom stereocenters. The summed E-state index contributed by atoms with van der Waals surface area (Å²) in [6, 6.07) is 14.9. The number of fused-ring (bicyclic) bond motifs is 1. The molecular weight excluding hydrogens is 406 g/mol. The van der Waals surface area contributed by atoms with Crippen LogP contribution in [0.1, 0.15) is 34.3 Å². The average Bonchev–Trinajstić information content (AvgIpc) is 3.49. The Morgan fingerprint density at radius 3 is 2.44 bits per heavy atom. The number of aromatic nitrogens is 1. The molecule has 1 aliphatic carbocycles. The normalized spacial score (nSPS) is 15.2. The third-order valence-electron chi connectivity index (χ3n) is 6.15. The van der Waals surface area contributed by atoms with Crippen molar-refractivity contribution < 1.29 is 19.1 Å². The summed E-state index contributed by atoms with van der Waals surface area (Å²) in [4.78, 5) is 29.3. The number of pyridine rings is 1. The van der Waals surface area contributed by atoms with Crippen LogP contribution in [-0.4, -0.2) is 30.6 Å². The molecule has 1 aliphatic heterocycles. The fourth-order valence-electron chi connectivity index (χ4n) is 4.07. The SMILES string of the molecule is CNC(=O)c1ccc(-c2cnc(NC(=O)C3(c4ccc5c(c4)OCO5)CC3)cc2C)cc1. The standard InChI is InChI=1S/C25H23N3O4/c1-15-11-22(27-13-19(15)16-3-5-17(6-4-16)23(29)26-2)28-24(30)25(9-10-25)18-7-8-20-21(12-18)32-14-31-20/h3-8,11-13H,9-10,14H2,1-2H3,(H,26,29)(H,27,28,30). The van der Waals surface area contributed by atoms with Crippen molar-refractivity contribution in [3.05, 3.63) is 71.4 Å². The molecule has 7 nitrogen and oxygen atoms in total. The Bertz CT molecular complexity index is 1220. The van der Waals surface area contributed by atoms with Crippen molar-refractivity contribution in [2.45, 2.75) is 25.2 Å². The van der Waals surface area contributed by atoms with Gasteiger partial charge in [-0.05, 0) is 66.8 Å². The van der Waals surface area contributed by atoms with Crippen molar-refractivity contribution in [3.63, 3.8) is 0 Å². The number of carbonyl (C=O) groups is 2. The highest BCUT2D eigenvalue weighted by atomic mass is 16.7. The van der Waals surface area contributed by atoms with Crippen LogP contribution in [0.3, 0.4) is 0 Å². The van der Waals surface area contributed by atoms with E-state index in [9.17, 15) is 9.59 Å². The number of aryl methyl sites for hydroxylation is 1. The number of nitrogens with one attached hydrogen (secondary N) is 2. The van der Waals surface area contributed by atoms with E-state index < -0.39 is 5.41 Å². The highest BCUT2D eigenvalue weighted by Gasteiger charge is 2.51. The molecule has 7 heteroatoms. The van der Waals surface area contributed by atoms with Crippen LogP contribution in [0.2, 0.25) is 0 Å². The summed E-state index contributed by atoms with van der Waals surface area (Å²) < 4.78 is 10.8. The molecule has 2 amide bonds. The summed E-state index contributed by atoms with van der Waals surface area (Å²) in [7, 11) is 1.61. The Morgan fingerprint density at radius 2 is 1.75 bits per heavy atom. The zero-order valence-corrected chi connectivity index (χ0v) is 17.9. The summed E-state index contributed by atoms with van der Waals surface area (Å²) in [6.45, 7) is 2.19. The highest BCUT2D eigenvalue weighted by molar-refractivity contribution is 6.01. The van der Waals surface area contributed by atoms with Crippen LogP contribution < -0.4 is 20.1 Å². The first-order valence-corrected chi connectivity index (χ1v) is 10.5. The third kappa shape index (κ3) is 3.45. The molecule has 2 aromatic carbocycles. The van der Waals surface area contributed by atoms with Gasteiger partial charge in [0.15, 0.2) is 11.5 Å². The van der Waals surface area contributed by atoms with Crippen molar-refractivity contribution in [2.75, 3.05) is 19.2 Å². The molecule has 0 spiro atoms. The van der Waals surface area contributed by atoms with Gasteiger partial charge < -0.3 is 20.1 Å². The van der Waals surface area contributed by atoms with Gasteiger partial charge in [-0.1, -0.05) is 18.2 Å². The minimum atomic E-state index is -0.551. The molecule has 2 heterocycles. The molecule has 2 aliphatic rings. The maximum Gasteiger partial charge on any atom is 0.251 e. The Hall–Kier alpha value is -3.87. The van der Waals surface area contributed by atoms with Gasteiger partial charge in [-0.25, -0.2) is 4.98 Å². The van der Waals surface area contributed by atoms with Crippen LogP contribution >= 0.6 is 0 Å². The Morgan fingerprint density at radius 1 is 1.00 bits per heavy atom. The van der Waals surface area contributed by atoms with Crippen LogP contribution in [-0.2, 0) is 10.2 Å². The number of anilines is 1. The van der Waals surface area contributed by atoms with Gasteiger partial charge in [0.2, 0.25) is 12.7 Å². The number of carbonyl (C=O) groups excluding carboxylic acids is 2.